The first kappa shape index (κ1) is 116. The Kier molecular flexibility index (Phi) is 88.8. The van der Waals surface area contributed by atoms with Crippen LogP contribution in [0, 0.1) is 0 Å². The van der Waals surface area contributed by atoms with Gasteiger partial charge in [-0.3, -0.25) is 43.2 Å². The number of nitrogens with zero attached hydrogens (tertiary/aromatic N) is 2. The van der Waals surface area contributed by atoms with Crippen LogP contribution in [-0.4, -0.2) is 175 Å². The molecule has 0 aromatic carbocycles. The van der Waals surface area contributed by atoms with Crippen LogP contribution in [0.1, 0.15) is 388 Å². The molecule has 706 valence electrons. The minimum atomic E-state index is -1.04. The number of amides is 5. The predicted molar refractivity (Wildman–Crippen MR) is 503 cm³/mol. The molecule has 0 aromatic heterocycles. The second kappa shape index (κ2) is 94.2. The van der Waals surface area contributed by atoms with Gasteiger partial charge in [-0.15, -0.1) is 0 Å². The number of allylic oxidation sites excluding steroid dienone is 16. The van der Waals surface area contributed by atoms with Crippen LogP contribution in [0.3, 0.4) is 0 Å². The van der Waals surface area contributed by atoms with Gasteiger partial charge in [0.15, 0.2) is 0 Å². The number of hydrogen-bond acceptors (Lipinski definition) is 16. The van der Waals surface area contributed by atoms with E-state index in [4.69, 9.17) is 33.2 Å². The van der Waals surface area contributed by atoms with Gasteiger partial charge >= 0.3 is 23.9 Å². The third kappa shape index (κ3) is 85.6. The second-order valence-electron chi connectivity index (χ2n) is 32.2. The molecule has 0 bridgehead atoms. The summed E-state index contributed by atoms with van der Waals surface area (Å²) in [5, 5.41) is 8.55. The molecule has 0 aliphatic heterocycles. The molecule has 0 fully saturated rings. The summed E-state index contributed by atoms with van der Waals surface area (Å²) in [5.74, 6) is -3.65. The quantitative estimate of drug-likeness (QED) is 0.0221. The summed E-state index contributed by atoms with van der Waals surface area (Å²) >= 11 is 0. The van der Waals surface area contributed by atoms with Gasteiger partial charge in [-0.1, -0.05) is 253 Å². The molecule has 0 aromatic rings. The number of carbonyl (C=O) groups is 9. The smallest absolute Gasteiger partial charge is 0.305 e. The maximum Gasteiger partial charge on any atom is 0.305 e. The molecule has 0 heterocycles. The molecule has 5 amide bonds. The molecular weight excluding hydrogens is 1550 g/mol. The predicted octanol–water partition coefficient (Wildman–Crippen LogP) is 22.6. The zero-order valence-electron chi connectivity index (χ0n) is 78.4. The third-order valence-corrected chi connectivity index (χ3v) is 21.0. The fourth-order valence-electron chi connectivity index (χ4n) is 13.4. The molecule has 0 radical (unpaired) electrons. The summed E-state index contributed by atoms with van der Waals surface area (Å²) in [6.07, 6.45) is 83.8. The van der Waals surface area contributed by atoms with Crippen molar-refractivity contribution in [3.05, 3.63) is 97.2 Å². The molecule has 123 heavy (non-hydrogen) atoms. The Hall–Kier alpha value is -6.97. The van der Waals surface area contributed by atoms with Gasteiger partial charge in [0.25, 0.3) is 0 Å². The average molecular weight is 1730 g/mol. The van der Waals surface area contributed by atoms with Crippen LogP contribution in [0.2, 0.25) is 0 Å². The van der Waals surface area contributed by atoms with E-state index in [0.717, 1.165) is 180 Å². The molecule has 1 atom stereocenters. The van der Waals surface area contributed by atoms with E-state index in [1.54, 1.807) is 0 Å². The van der Waals surface area contributed by atoms with E-state index < -0.39 is 29.7 Å². The number of carbonyl (C=O) groups excluding carboxylic acids is 9. The SMILES string of the molecule is CCCCC/C=C\C/C=C\CCCCCCCC(=O)OCCN(CCOC(=O)CCCCCCC/C=C\C/C=C\CCCCC)C(=O)CCC(=O)NCCC[C@H](NC(=O)CCC(=O)N(CCOC(=O)CCCCCCC/C=C\C/C=C\CCCCC)CCOC(=O)CCCCCCC/C=C\C/C=C\CCCCC)C(=O)NCCCOCCOCCOCC. The fraction of sp³-hybridized carbons (Fsp3) is 0.755. The van der Waals surface area contributed by atoms with E-state index in [0.29, 0.717) is 71.7 Å². The Morgan fingerprint density at radius 3 is 0.854 bits per heavy atom. The number of esters is 4. The highest BCUT2D eigenvalue weighted by Crippen LogP contribution is 2.16. The van der Waals surface area contributed by atoms with E-state index in [1.807, 2.05) is 6.92 Å². The van der Waals surface area contributed by atoms with Gasteiger partial charge in [0, 0.05) is 77.7 Å². The Labute approximate surface area is 747 Å². The first-order valence-corrected chi connectivity index (χ1v) is 49.3. The Balaban J connectivity index is 5.93. The molecule has 0 unspecified atom stereocenters. The van der Waals surface area contributed by atoms with Gasteiger partial charge in [0.2, 0.25) is 29.5 Å². The van der Waals surface area contributed by atoms with Crippen molar-refractivity contribution in [1.82, 2.24) is 25.8 Å². The van der Waals surface area contributed by atoms with Gasteiger partial charge < -0.3 is 58.9 Å². The van der Waals surface area contributed by atoms with Crippen molar-refractivity contribution in [3.63, 3.8) is 0 Å². The third-order valence-electron chi connectivity index (χ3n) is 21.0. The van der Waals surface area contributed by atoms with Crippen LogP contribution in [0.25, 0.3) is 0 Å². The summed E-state index contributed by atoms with van der Waals surface area (Å²) in [7, 11) is 0. The van der Waals surface area contributed by atoms with Crippen LogP contribution in [0.15, 0.2) is 97.2 Å². The zero-order chi connectivity index (χ0) is 89.5. The Morgan fingerprint density at radius 2 is 0.537 bits per heavy atom. The average Bonchev–Trinajstić information content (AvgIpc) is 0.911. The lowest BCUT2D eigenvalue weighted by molar-refractivity contribution is -0.148. The van der Waals surface area contributed by atoms with E-state index >= 15 is 0 Å². The molecule has 0 spiro atoms. The van der Waals surface area contributed by atoms with Crippen LogP contribution >= 0.6 is 0 Å². The van der Waals surface area contributed by atoms with Crippen molar-refractivity contribution in [2.75, 3.05) is 105 Å². The van der Waals surface area contributed by atoms with Gasteiger partial charge in [-0.2, -0.15) is 0 Å². The van der Waals surface area contributed by atoms with Gasteiger partial charge in [-0.25, -0.2) is 0 Å². The van der Waals surface area contributed by atoms with Crippen LogP contribution in [0.4, 0.5) is 0 Å². The van der Waals surface area contributed by atoms with Crippen molar-refractivity contribution in [1.29, 1.82) is 0 Å². The minimum Gasteiger partial charge on any atom is -0.464 e. The summed E-state index contributed by atoms with van der Waals surface area (Å²) in [6.45, 7) is 13.7. The normalized spacial score (nSPS) is 12.1. The molecule has 21 heteroatoms. The largest absolute Gasteiger partial charge is 0.464 e. The highest BCUT2D eigenvalue weighted by Gasteiger charge is 2.24. The number of unbranched alkanes of at least 4 members (excludes halogenated alkanes) is 32. The second-order valence-corrected chi connectivity index (χ2v) is 32.2. The standard InChI is InChI=1S/C102H177N5O16/c1-6-11-15-19-23-27-31-35-39-43-47-51-55-59-63-70-98(112)120-85-80-106(81-86-121-99(113)71-64-60-56-52-48-44-40-36-32-28-24-20-16-12-7-2)96(110)76-74-94(108)103-78-67-69-93(102(116)104-79-68-84-118-91-92-119-90-89-117-10-5)105-95(109)75-77-97(111)107(82-87-122-100(114)72-65-61-57-53-49-45-41-37-33-29-25-21-17-13-8-3)83-88-123-101(115)73-66-62-58-54-50-46-42-38-34-30-26-22-18-14-9-4/h23-30,35-42,93H,6-22,31-34,43-92H2,1-5H3,(H,103,108)(H,104,116)(H,105,109)/b27-23-,28-24-,29-25-,30-26-,39-35-,40-36-,41-37-,42-38-/t93-/m0/s1. The molecule has 0 rings (SSSR count). The lowest BCUT2D eigenvalue weighted by atomic mass is 10.1. The van der Waals surface area contributed by atoms with Gasteiger partial charge in [0.1, 0.15) is 32.5 Å². The van der Waals surface area contributed by atoms with E-state index in [1.165, 1.54) is 86.8 Å². The van der Waals surface area contributed by atoms with Crippen molar-refractivity contribution in [2.45, 2.75) is 394 Å². The summed E-state index contributed by atoms with van der Waals surface area (Å²) < 4.78 is 39.0. The first-order chi connectivity index (χ1) is 60.3. The Morgan fingerprint density at radius 1 is 0.260 bits per heavy atom. The number of hydrogen-bond donors (Lipinski definition) is 3. The van der Waals surface area contributed by atoms with Gasteiger partial charge in [-0.05, 0) is 180 Å². The van der Waals surface area contributed by atoms with E-state index in [9.17, 15) is 43.2 Å². The number of ether oxygens (including phenoxy) is 7. The first-order valence-electron chi connectivity index (χ1n) is 49.3. The fourth-order valence-corrected chi connectivity index (χ4v) is 13.4. The highest BCUT2D eigenvalue weighted by atomic mass is 16.6. The Bertz CT molecular complexity index is 2670. The summed E-state index contributed by atoms with van der Waals surface area (Å²) in [5.41, 5.74) is 0. The molecule has 21 nitrogen and oxygen atoms in total. The lowest BCUT2D eigenvalue weighted by Gasteiger charge is -2.23. The number of rotatable bonds is 91. The van der Waals surface area contributed by atoms with E-state index in [2.05, 4.69) is 141 Å². The zero-order valence-corrected chi connectivity index (χ0v) is 78.4. The monoisotopic (exact) mass is 1730 g/mol. The molecule has 0 aliphatic rings. The highest BCUT2D eigenvalue weighted by molar-refractivity contribution is 5.89. The van der Waals surface area contributed by atoms with Crippen LogP contribution in [0.5, 0.6) is 0 Å². The summed E-state index contributed by atoms with van der Waals surface area (Å²) in [6, 6.07) is -1.04. The van der Waals surface area contributed by atoms with Crippen molar-refractivity contribution in [3.8, 4) is 0 Å². The molecular formula is C102H177N5O16. The van der Waals surface area contributed by atoms with Crippen LogP contribution < -0.4 is 16.0 Å². The topological polar surface area (TPSA) is 261 Å². The lowest BCUT2D eigenvalue weighted by Crippen LogP contribution is -2.47. The van der Waals surface area contributed by atoms with Gasteiger partial charge in [0.05, 0.1) is 52.6 Å². The van der Waals surface area contributed by atoms with Crippen LogP contribution in [-0.2, 0) is 76.3 Å². The molecule has 0 saturated heterocycles. The minimum absolute atomic E-state index is 0.0218. The number of nitrogens with one attached hydrogen (secondary N) is 3. The maximum atomic E-state index is 14.0. The molecule has 0 aliphatic carbocycles. The van der Waals surface area contributed by atoms with Crippen molar-refractivity contribution >= 4 is 53.4 Å². The van der Waals surface area contributed by atoms with E-state index in [-0.39, 0.29) is 160 Å². The maximum absolute atomic E-state index is 14.0. The van der Waals surface area contributed by atoms with Crippen molar-refractivity contribution in [2.24, 2.45) is 0 Å². The molecule has 0 saturated carbocycles. The van der Waals surface area contributed by atoms with Crippen molar-refractivity contribution < 1.29 is 76.3 Å². The summed E-state index contributed by atoms with van der Waals surface area (Å²) in [4.78, 5) is 123. The molecule has 3 N–H and O–H groups in total.